The summed E-state index contributed by atoms with van der Waals surface area (Å²) in [6.45, 7) is 0. The Morgan fingerprint density at radius 1 is 0.636 bits per heavy atom. The summed E-state index contributed by atoms with van der Waals surface area (Å²) in [5.41, 5.74) is 7.36. The highest BCUT2D eigenvalue weighted by atomic mass is 31.2. The molecule has 3 heteroatoms. The Morgan fingerprint density at radius 3 is 1.41 bits per heavy atom. The van der Waals surface area contributed by atoms with E-state index in [9.17, 15) is 4.57 Å². The normalized spacial score (nSPS) is 12.8. The number of hydrogen-bond acceptors (Lipinski definition) is 2. The summed E-state index contributed by atoms with van der Waals surface area (Å²) in [5.74, 6) is -0.557. The average molecular weight is 307 g/mol. The Morgan fingerprint density at radius 2 is 1.00 bits per heavy atom. The lowest BCUT2D eigenvalue weighted by molar-refractivity contribution is 0.579. The van der Waals surface area contributed by atoms with Crippen molar-refractivity contribution in [1.29, 1.82) is 0 Å². The molecule has 1 unspecified atom stereocenters. The molecule has 0 fully saturated rings. The quantitative estimate of drug-likeness (QED) is 0.748. The monoisotopic (exact) mass is 307 g/mol. The van der Waals surface area contributed by atoms with Gasteiger partial charge in [-0.2, -0.15) is 0 Å². The topological polar surface area (TPSA) is 43.1 Å². The molecule has 0 radical (unpaired) electrons. The molecule has 0 heterocycles. The van der Waals surface area contributed by atoms with Crippen LogP contribution in [-0.2, 0) is 4.57 Å². The predicted molar refractivity (Wildman–Crippen MR) is 93.1 cm³/mol. The highest BCUT2D eigenvalue weighted by Crippen LogP contribution is 2.54. The van der Waals surface area contributed by atoms with Gasteiger partial charge in [-0.05, 0) is 5.56 Å². The molecule has 0 amide bonds. The number of rotatable bonds is 4. The van der Waals surface area contributed by atoms with Crippen molar-refractivity contribution in [3.05, 3.63) is 96.6 Å². The van der Waals surface area contributed by atoms with Crippen LogP contribution >= 0.6 is 7.14 Å². The van der Waals surface area contributed by atoms with Crippen LogP contribution in [0.15, 0.2) is 91.0 Å². The van der Waals surface area contributed by atoms with E-state index in [1.54, 1.807) is 0 Å². The predicted octanol–water partition coefficient (Wildman–Crippen LogP) is 3.66. The third-order valence-electron chi connectivity index (χ3n) is 3.81. The van der Waals surface area contributed by atoms with E-state index >= 15 is 0 Å². The molecule has 0 aliphatic heterocycles. The Balaban J connectivity index is 2.18. The lowest BCUT2D eigenvalue weighted by atomic mass is 10.2. The molecule has 2 N–H and O–H groups in total. The van der Waals surface area contributed by atoms with Gasteiger partial charge in [0.1, 0.15) is 0 Å². The van der Waals surface area contributed by atoms with Crippen LogP contribution in [0.2, 0.25) is 0 Å². The molecule has 110 valence electrons. The van der Waals surface area contributed by atoms with Gasteiger partial charge in [0.25, 0.3) is 0 Å². The van der Waals surface area contributed by atoms with Crippen LogP contribution < -0.4 is 16.3 Å². The third-order valence-corrected chi connectivity index (χ3v) is 7.02. The van der Waals surface area contributed by atoms with Crippen molar-refractivity contribution in [2.45, 2.75) is 5.78 Å². The maximum Gasteiger partial charge on any atom is 0.163 e. The standard InChI is InChI=1S/C19H18NOP/c20-19(16-10-4-1-5-11-16)22(21,17-12-6-2-7-13-17)18-14-8-3-9-15-18/h1-15,19H,20H2. The zero-order valence-electron chi connectivity index (χ0n) is 12.2. The van der Waals surface area contributed by atoms with Gasteiger partial charge in [0, 0.05) is 10.6 Å². The van der Waals surface area contributed by atoms with E-state index in [-0.39, 0.29) is 0 Å². The minimum absolute atomic E-state index is 0.557. The van der Waals surface area contributed by atoms with Gasteiger partial charge >= 0.3 is 0 Å². The van der Waals surface area contributed by atoms with Crippen molar-refractivity contribution >= 4 is 17.8 Å². The second-order valence-corrected chi connectivity index (χ2v) is 8.09. The van der Waals surface area contributed by atoms with Gasteiger partial charge < -0.3 is 10.3 Å². The van der Waals surface area contributed by atoms with Gasteiger partial charge in [0.15, 0.2) is 7.14 Å². The van der Waals surface area contributed by atoms with Crippen molar-refractivity contribution in [1.82, 2.24) is 0 Å². The van der Waals surface area contributed by atoms with Gasteiger partial charge in [-0.3, -0.25) is 0 Å². The van der Waals surface area contributed by atoms with Crippen LogP contribution in [0.4, 0.5) is 0 Å². The maximum atomic E-state index is 14.0. The average Bonchev–Trinajstić information content (AvgIpc) is 2.62. The molecular weight excluding hydrogens is 289 g/mol. The van der Waals surface area contributed by atoms with E-state index in [4.69, 9.17) is 5.73 Å². The molecule has 0 aliphatic carbocycles. The van der Waals surface area contributed by atoms with Gasteiger partial charge in [0.2, 0.25) is 0 Å². The summed E-state index contributed by atoms with van der Waals surface area (Å²) in [4.78, 5) is 0. The SMILES string of the molecule is NC(c1ccccc1)P(=O)(c1ccccc1)c1ccccc1. The fourth-order valence-electron chi connectivity index (χ4n) is 2.63. The summed E-state index contributed by atoms with van der Waals surface area (Å²) in [7, 11) is -2.96. The zero-order chi connectivity index (χ0) is 15.4. The third kappa shape index (κ3) is 2.64. The molecular formula is C19H18NOP. The molecule has 3 aromatic rings. The Bertz CT molecular complexity index is 729. The summed E-state index contributed by atoms with van der Waals surface area (Å²) < 4.78 is 14.0. The largest absolute Gasteiger partial charge is 0.317 e. The van der Waals surface area contributed by atoms with E-state index in [0.29, 0.717) is 0 Å². The fraction of sp³-hybridized carbons (Fsp3) is 0.0526. The maximum absolute atomic E-state index is 14.0. The van der Waals surface area contributed by atoms with Crippen LogP contribution in [0, 0.1) is 0 Å². The zero-order valence-corrected chi connectivity index (χ0v) is 13.1. The second-order valence-electron chi connectivity index (χ2n) is 5.18. The van der Waals surface area contributed by atoms with Crippen molar-refractivity contribution in [2.24, 2.45) is 5.73 Å². The number of nitrogens with two attached hydrogens (primary N) is 1. The van der Waals surface area contributed by atoms with Crippen molar-refractivity contribution in [2.75, 3.05) is 0 Å². The van der Waals surface area contributed by atoms with Gasteiger partial charge in [-0.25, -0.2) is 0 Å². The molecule has 1 atom stereocenters. The fourth-order valence-corrected chi connectivity index (χ4v) is 5.39. The second kappa shape index (κ2) is 6.31. The van der Waals surface area contributed by atoms with E-state index in [1.165, 1.54) is 0 Å². The lowest BCUT2D eigenvalue weighted by Gasteiger charge is -2.26. The minimum atomic E-state index is -2.96. The lowest BCUT2D eigenvalue weighted by Crippen LogP contribution is -2.26. The van der Waals surface area contributed by atoms with E-state index in [0.717, 1.165) is 16.2 Å². The Labute approximate surface area is 131 Å². The molecule has 0 saturated heterocycles. The van der Waals surface area contributed by atoms with Crippen molar-refractivity contribution in [3.63, 3.8) is 0 Å². The summed E-state index contributed by atoms with van der Waals surface area (Å²) >= 11 is 0. The first-order valence-electron chi connectivity index (χ1n) is 7.24. The molecule has 0 aromatic heterocycles. The van der Waals surface area contributed by atoms with Crippen molar-refractivity contribution in [3.8, 4) is 0 Å². The number of benzene rings is 3. The first-order valence-corrected chi connectivity index (χ1v) is 9.02. The van der Waals surface area contributed by atoms with Gasteiger partial charge in [-0.15, -0.1) is 0 Å². The van der Waals surface area contributed by atoms with Crippen LogP contribution in [0.3, 0.4) is 0 Å². The molecule has 0 spiro atoms. The molecule has 0 bridgehead atoms. The summed E-state index contributed by atoms with van der Waals surface area (Å²) in [6.07, 6.45) is 0. The van der Waals surface area contributed by atoms with Crippen LogP contribution in [0.5, 0.6) is 0 Å². The number of hydrogen-bond donors (Lipinski definition) is 1. The van der Waals surface area contributed by atoms with Crippen LogP contribution in [0.25, 0.3) is 0 Å². The Kier molecular flexibility index (Phi) is 4.24. The molecule has 3 rings (SSSR count). The summed E-state index contributed by atoms with van der Waals surface area (Å²) in [6, 6.07) is 28.7. The first kappa shape index (κ1) is 14.8. The smallest absolute Gasteiger partial charge is 0.163 e. The van der Waals surface area contributed by atoms with Gasteiger partial charge in [-0.1, -0.05) is 91.0 Å². The Hall–Kier alpha value is -2.15. The van der Waals surface area contributed by atoms with E-state index < -0.39 is 12.9 Å². The molecule has 2 nitrogen and oxygen atoms in total. The van der Waals surface area contributed by atoms with E-state index in [2.05, 4.69) is 0 Å². The minimum Gasteiger partial charge on any atom is -0.317 e. The first-order chi connectivity index (χ1) is 10.7. The van der Waals surface area contributed by atoms with Crippen LogP contribution in [0.1, 0.15) is 11.3 Å². The van der Waals surface area contributed by atoms with Crippen LogP contribution in [-0.4, -0.2) is 0 Å². The van der Waals surface area contributed by atoms with Gasteiger partial charge in [0.05, 0.1) is 5.78 Å². The molecule has 0 aliphatic rings. The van der Waals surface area contributed by atoms with E-state index in [1.807, 2.05) is 91.0 Å². The summed E-state index contributed by atoms with van der Waals surface area (Å²) in [5, 5.41) is 1.58. The molecule has 3 aromatic carbocycles. The highest BCUT2D eigenvalue weighted by molar-refractivity contribution is 7.78. The highest BCUT2D eigenvalue weighted by Gasteiger charge is 2.35. The molecule has 0 saturated carbocycles. The van der Waals surface area contributed by atoms with Crippen molar-refractivity contribution < 1.29 is 4.57 Å². The molecule has 22 heavy (non-hydrogen) atoms.